The number of carbonyl (C=O) groups excluding carboxylic acids is 1. The number of rotatable bonds is 9. The molecule has 13 heteroatoms. The summed E-state index contributed by atoms with van der Waals surface area (Å²) in [5, 5.41) is 22.5. The number of hydrogen-bond donors (Lipinski definition) is 5. The first-order valence-corrected chi connectivity index (χ1v) is 13.3. The van der Waals surface area contributed by atoms with E-state index < -0.39 is 26.9 Å². The number of nitrogens with zero attached hydrogens (tertiary/aromatic N) is 2. The first kappa shape index (κ1) is 26.1. The van der Waals surface area contributed by atoms with Crippen LogP contribution in [-0.4, -0.2) is 60.8 Å². The standard InChI is InChI=1S/C24H29N7O5S/c25-24(26)30-10-4-5-16(15-30)13-28-23(32)22(11-17-14-27-21-9-2-1-8-20(17)21)29-37(35,36)19-7-3-6-18(12-19)31(33)34/h1-3,6-9,12,14,16,22,27,29H,4-5,10-11,13,15H2,(H3,25,26)(H,28,32). The van der Waals surface area contributed by atoms with E-state index in [0.717, 1.165) is 35.4 Å². The molecule has 1 saturated heterocycles. The molecule has 2 heterocycles. The van der Waals surface area contributed by atoms with Crippen molar-refractivity contribution in [1.29, 1.82) is 5.41 Å². The summed E-state index contributed by atoms with van der Waals surface area (Å²) in [5.41, 5.74) is 6.84. The SMILES string of the molecule is N=C(N)N1CCCC(CNC(=O)C(Cc2c[nH]c3ccccc23)NS(=O)(=O)c2cccc([N+](=O)[O-])c2)C1. The second-order valence-electron chi connectivity index (χ2n) is 9.08. The Morgan fingerprint density at radius 1 is 1.27 bits per heavy atom. The molecule has 3 aromatic rings. The molecule has 6 N–H and O–H groups in total. The highest BCUT2D eigenvalue weighted by atomic mass is 32.2. The van der Waals surface area contributed by atoms with E-state index >= 15 is 0 Å². The van der Waals surface area contributed by atoms with Gasteiger partial charge in [-0.15, -0.1) is 0 Å². The van der Waals surface area contributed by atoms with Gasteiger partial charge in [0, 0.05) is 48.9 Å². The highest BCUT2D eigenvalue weighted by Crippen LogP contribution is 2.22. The molecule has 2 unspecified atom stereocenters. The first-order valence-electron chi connectivity index (χ1n) is 11.8. The van der Waals surface area contributed by atoms with Gasteiger partial charge in [-0.25, -0.2) is 8.42 Å². The second kappa shape index (κ2) is 11.0. The molecule has 37 heavy (non-hydrogen) atoms. The summed E-state index contributed by atoms with van der Waals surface area (Å²) in [7, 11) is -4.26. The van der Waals surface area contributed by atoms with E-state index in [1.54, 1.807) is 11.1 Å². The van der Waals surface area contributed by atoms with Crippen LogP contribution in [0, 0.1) is 21.4 Å². The summed E-state index contributed by atoms with van der Waals surface area (Å²) in [5.74, 6) is -0.471. The molecule has 0 radical (unpaired) electrons. The fraction of sp³-hybridized carbons (Fsp3) is 0.333. The quantitative estimate of drug-likeness (QED) is 0.121. The number of H-pyrrole nitrogens is 1. The number of aromatic amines is 1. The fourth-order valence-electron chi connectivity index (χ4n) is 4.55. The highest BCUT2D eigenvalue weighted by Gasteiger charge is 2.29. The predicted octanol–water partition coefficient (Wildman–Crippen LogP) is 1.69. The minimum absolute atomic E-state index is 0.0158. The van der Waals surface area contributed by atoms with Gasteiger partial charge in [0.25, 0.3) is 5.69 Å². The molecule has 1 amide bonds. The molecule has 1 fully saturated rings. The third-order valence-electron chi connectivity index (χ3n) is 6.48. The van der Waals surface area contributed by atoms with E-state index in [4.69, 9.17) is 11.1 Å². The van der Waals surface area contributed by atoms with Crippen LogP contribution in [0.15, 0.2) is 59.6 Å². The Morgan fingerprint density at radius 2 is 2.05 bits per heavy atom. The Hall–Kier alpha value is -3.97. The van der Waals surface area contributed by atoms with E-state index in [-0.39, 0.29) is 28.9 Å². The van der Waals surface area contributed by atoms with E-state index in [2.05, 4.69) is 15.0 Å². The van der Waals surface area contributed by atoms with Crippen LogP contribution in [0.5, 0.6) is 0 Å². The van der Waals surface area contributed by atoms with Gasteiger partial charge in [-0.3, -0.25) is 20.3 Å². The largest absolute Gasteiger partial charge is 0.370 e. The van der Waals surface area contributed by atoms with Crippen molar-refractivity contribution in [2.45, 2.75) is 30.2 Å². The number of sulfonamides is 1. The molecule has 196 valence electrons. The lowest BCUT2D eigenvalue weighted by atomic mass is 9.98. The van der Waals surface area contributed by atoms with Crippen molar-refractivity contribution in [3.05, 3.63) is 70.4 Å². The number of nitro benzene ring substituents is 1. The number of nitrogens with two attached hydrogens (primary N) is 1. The number of carbonyl (C=O) groups is 1. The molecule has 0 bridgehead atoms. The van der Waals surface area contributed by atoms with Crippen molar-refractivity contribution in [3.8, 4) is 0 Å². The maximum absolute atomic E-state index is 13.3. The molecule has 2 aromatic carbocycles. The maximum Gasteiger partial charge on any atom is 0.270 e. The Bertz CT molecular complexity index is 1420. The lowest BCUT2D eigenvalue weighted by Gasteiger charge is -2.33. The van der Waals surface area contributed by atoms with Crippen LogP contribution in [0.25, 0.3) is 10.9 Å². The lowest BCUT2D eigenvalue weighted by Crippen LogP contribution is -2.51. The van der Waals surface area contributed by atoms with Crippen LogP contribution in [0.4, 0.5) is 5.69 Å². The van der Waals surface area contributed by atoms with Crippen LogP contribution >= 0.6 is 0 Å². The van der Waals surface area contributed by atoms with E-state index in [1.165, 1.54) is 18.2 Å². The van der Waals surface area contributed by atoms with Crippen LogP contribution in [0.1, 0.15) is 18.4 Å². The third-order valence-corrected chi connectivity index (χ3v) is 7.95. The Balaban J connectivity index is 1.55. The van der Waals surface area contributed by atoms with Crippen molar-refractivity contribution in [2.75, 3.05) is 19.6 Å². The van der Waals surface area contributed by atoms with Gasteiger partial charge in [-0.1, -0.05) is 24.3 Å². The molecule has 0 saturated carbocycles. The monoisotopic (exact) mass is 527 g/mol. The molecule has 1 aliphatic rings. The predicted molar refractivity (Wildman–Crippen MR) is 138 cm³/mol. The Morgan fingerprint density at radius 3 is 2.81 bits per heavy atom. The number of nitro groups is 1. The molecule has 4 rings (SSSR count). The minimum Gasteiger partial charge on any atom is -0.370 e. The number of fused-ring (bicyclic) bond motifs is 1. The van der Waals surface area contributed by atoms with Crippen LogP contribution in [0.3, 0.4) is 0 Å². The maximum atomic E-state index is 13.3. The van der Waals surface area contributed by atoms with E-state index in [9.17, 15) is 23.3 Å². The Kier molecular flexibility index (Phi) is 7.74. The summed E-state index contributed by atoms with van der Waals surface area (Å²) in [6, 6.07) is 11.0. The van der Waals surface area contributed by atoms with Gasteiger partial charge in [0.1, 0.15) is 6.04 Å². The summed E-state index contributed by atoms with van der Waals surface area (Å²) in [6.07, 6.45) is 3.47. The summed E-state index contributed by atoms with van der Waals surface area (Å²) in [6.45, 7) is 1.51. The second-order valence-corrected chi connectivity index (χ2v) is 10.8. The molecular weight excluding hydrogens is 498 g/mol. The van der Waals surface area contributed by atoms with Gasteiger partial charge >= 0.3 is 0 Å². The zero-order valence-electron chi connectivity index (χ0n) is 20.0. The first-order chi connectivity index (χ1) is 17.6. The number of amides is 1. The van der Waals surface area contributed by atoms with Crippen LogP contribution in [-0.2, 0) is 21.2 Å². The summed E-state index contributed by atoms with van der Waals surface area (Å²) in [4.78, 5) is 28.3. The van der Waals surface area contributed by atoms with Crippen molar-refractivity contribution >= 4 is 38.5 Å². The molecular formula is C24H29N7O5S. The zero-order chi connectivity index (χ0) is 26.6. The molecule has 0 spiro atoms. The zero-order valence-corrected chi connectivity index (χ0v) is 20.8. The van der Waals surface area contributed by atoms with Crippen LogP contribution < -0.4 is 15.8 Å². The molecule has 12 nitrogen and oxygen atoms in total. The number of para-hydroxylation sites is 1. The third kappa shape index (κ3) is 6.24. The number of guanidine groups is 1. The fourth-order valence-corrected chi connectivity index (χ4v) is 5.78. The van der Waals surface area contributed by atoms with Gasteiger partial charge in [0.15, 0.2) is 5.96 Å². The van der Waals surface area contributed by atoms with Gasteiger partial charge in [-0.2, -0.15) is 4.72 Å². The van der Waals surface area contributed by atoms with Gasteiger partial charge < -0.3 is 20.9 Å². The lowest BCUT2D eigenvalue weighted by molar-refractivity contribution is -0.385. The van der Waals surface area contributed by atoms with E-state index in [1.807, 2.05) is 24.3 Å². The minimum atomic E-state index is -4.26. The number of non-ortho nitro benzene ring substituents is 1. The van der Waals surface area contributed by atoms with Crippen molar-refractivity contribution in [1.82, 2.24) is 19.9 Å². The number of nitrogens with one attached hydrogen (secondary N) is 4. The van der Waals surface area contributed by atoms with Crippen molar-refractivity contribution in [3.63, 3.8) is 0 Å². The van der Waals surface area contributed by atoms with Gasteiger partial charge in [0.2, 0.25) is 15.9 Å². The average molecular weight is 528 g/mol. The Labute approximate surface area is 213 Å². The molecule has 1 aliphatic heterocycles. The average Bonchev–Trinajstić information content (AvgIpc) is 3.29. The number of aromatic nitrogens is 1. The topological polar surface area (TPSA) is 187 Å². The number of benzene rings is 2. The van der Waals surface area contributed by atoms with E-state index in [0.29, 0.717) is 19.6 Å². The number of hydrogen-bond acceptors (Lipinski definition) is 6. The molecule has 1 aromatic heterocycles. The van der Waals surface area contributed by atoms with Crippen molar-refractivity contribution < 1.29 is 18.1 Å². The van der Waals surface area contributed by atoms with Gasteiger partial charge in [0.05, 0.1) is 9.82 Å². The summed E-state index contributed by atoms with van der Waals surface area (Å²) < 4.78 is 28.8. The molecule has 0 aliphatic carbocycles. The van der Waals surface area contributed by atoms with Crippen molar-refractivity contribution in [2.24, 2.45) is 11.7 Å². The van der Waals surface area contributed by atoms with Crippen LogP contribution in [0.2, 0.25) is 0 Å². The normalized spacial score (nSPS) is 16.9. The summed E-state index contributed by atoms with van der Waals surface area (Å²) >= 11 is 0. The smallest absolute Gasteiger partial charge is 0.270 e. The number of piperidine rings is 1. The highest BCUT2D eigenvalue weighted by molar-refractivity contribution is 7.89. The number of likely N-dealkylation sites (tertiary alicyclic amines) is 1. The molecule has 2 atom stereocenters. The van der Waals surface area contributed by atoms with Gasteiger partial charge in [-0.05, 0) is 42.9 Å².